The number of carbonyl (C=O) groups is 1. The fourth-order valence-electron chi connectivity index (χ4n) is 1.70. The molecule has 21 heavy (non-hydrogen) atoms. The Balaban J connectivity index is 1.84. The molecule has 0 unspecified atom stereocenters. The van der Waals surface area contributed by atoms with Gasteiger partial charge in [-0.05, 0) is 5.56 Å². The Morgan fingerprint density at radius 3 is 2.24 bits per heavy atom. The third-order valence-corrected chi connectivity index (χ3v) is 2.77. The van der Waals surface area contributed by atoms with Crippen LogP contribution in [0.3, 0.4) is 0 Å². The summed E-state index contributed by atoms with van der Waals surface area (Å²) in [6, 6.07) is 10.9. The zero-order chi connectivity index (χ0) is 15.2. The molecule has 110 valence electrons. The summed E-state index contributed by atoms with van der Waals surface area (Å²) in [5, 5.41) is 5.18. The second-order valence-corrected chi connectivity index (χ2v) is 4.37. The summed E-state index contributed by atoms with van der Waals surface area (Å²) in [5.74, 6) is -4.48. The largest absolute Gasteiger partial charge is 0.376 e. The topological polar surface area (TPSA) is 41.1 Å². The molecule has 0 saturated carbocycles. The first-order valence-corrected chi connectivity index (χ1v) is 6.25. The maximum atomic E-state index is 13.0. The van der Waals surface area contributed by atoms with Crippen LogP contribution in [-0.4, -0.2) is 12.5 Å². The molecule has 0 fully saturated rings. The number of amides is 1. The molecule has 0 aliphatic carbocycles. The van der Waals surface area contributed by atoms with E-state index in [0.29, 0.717) is 6.54 Å². The summed E-state index contributed by atoms with van der Waals surface area (Å²) in [6.45, 7) is 0.185. The van der Waals surface area contributed by atoms with Crippen molar-refractivity contribution < 1.29 is 18.0 Å². The van der Waals surface area contributed by atoms with Crippen molar-refractivity contribution in [3.8, 4) is 0 Å². The number of hydrogen-bond acceptors (Lipinski definition) is 2. The Hall–Kier alpha value is -2.50. The van der Waals surface area contributed by atoms with Crippen LogP contribution in [0.2, 0.25) is 0 Å². The van der Waals surface area contributed by atoms with Crippen LogP contribution < -0.4 is 10.6 Å². The molecule has 2 aromatic rings. The molecule has 1 amide bonds. The second kappa shape index (κ2) is 6.78. The predicted molar refractivity (Wildman–Crippen MR) is 73.1 cm³/mol. The molecule has 0 aliphatic heterocycles. The molecule has 0 radical (unpaired) electrons. The minimum absolute atomic E-state index is 0.00117. The maximum Gasteiger partial charge on any atom is 0.239 e. The minimum atomic E-state index is -1.53. The Bertz CT molecular complexity index is 609. The zero-order valence-corrected chi connectivity index (χ0v) is 11.0. The van der Waals surface area contributed by atoms with E-state index in [9.17, 15) is 18.0 Å². The van der Waals surface area contributed by atoms with Gasteiger partial charge in [-0.2, -0.15) is 0 Å². The van der Waals surface area contributed by atoms with E-state index in [1.807, 2.05) is 30.3 Å². The summed E-state index contributed by atoms with van der Waals surface area (Å²) >= 11 is 0. The van der Waals surface area contributed by atoms with Gasteiger partial charge < -0.3 is 10.6 Å². The molecular weight excluding hydrogens is 281 g/mol. The van der Waals surface area contributed by atoms with E-state index in [1.54, 1.807) is 0 Å². The Morgan fingerprint density at radius 2 is 1.62 bits per heavy atom. The fourth-order valence-corrected chi connectivity index (χ4v) is 1.70. The van der Waals surface area contributed by atoms with E-state index in [2.05, 4.69) is 10.6 Å². The number of rotatable bonds is 5. The van der Waals surface area contributed by atoms with E-state index in [-0.39, 0.29) is 18.1 Å². The number of halogens is 3. The Morgan fingerprint density at radius 1 is 1.00 bits per heavy atom. The van der Waals surface area contributed by atoms with Crippen LogP contribution in [-0.2, 0) is 11.3 Å². The molecule has 2 aromatic carbocycles. The first-order chi connectivity index (χ1) is 10.1. The van der Waals surface area contributed by atoms with Crippen LogP contribution >= 0.6 is 0 Å². The summed E-state index contributed by atoms with van der Waals surface area (Å²) in [6.07, 6.45) is 0. The van der Waals surface area contributed by atoms with Gasteiger partial charge in [-0.3, -0.25) is 4.79 Å². The molecule has 0 aliphatic rings. The van der Waals surface area contributed by atoms with Crippen molar-refractivity contribution in [2.45, 2.75) is 6.54 Å². The molecule has 0 bridgehead atoms. The van der Waals surface area contributed by atoms with Crippen molar-refractivity contribution in [3.63, 3.8) is 0 Å². The minimum Gasteiger partial charge on any atom is -0.376 e. The van der Waals surface area contributed by atoms with E-state index in [1.165, 1.54) is 0 Å². The summed E-state index contributed by atoms with van der Waals surface area (Å²) in [5.41, 5.74) is 0.936. The third kappa shape index (κ3) is 4.24. The van der Waals surface area contributed by atoms with Gasteiger partial charge in [-0.1, -0.05) is 30.3 Å². The number of anilines is 1. The highest BCUT2D eigenvalue weighted by Gasteiger charge is 2.11. The van der Waals surface area contributed by atoms with Crippen molar-refractivity contribution in [3.05, 3.63) is 65.5 Å². The van der Waals surface area contributed by atoms with E-state index in [4.69, 9.17) is 0 Å². The fraction of sp³-hybridized carbons (Fsp3) is 0.133. The lowest BCUT2D eigenvalue weighted by Gasteiger charge is -2.08. The summed E-state index contributed by atoms with van der Waals surface area (Å²) < 4.78 is 38.7. The normalized spacial score (nSPS) is 10.2. The van der Waals surface area contributed by atoms with Crippen molar-refractivity contribution in [1.29, 1.82) is 0 Å². The molecule has 2 rings (SSSR count). The standard InChI is InChI=1S/C15H13F3N2O/c16-12-6-11(7-13(17)15(12)18)19-9-14(21)20-8-10-4-2-1-3-5-10/h1-7,19H,8-9H2,(H,20,21). The van der Waals surface area contributed by atoms with Gasteiger partial charge in [0.2, 0.25) is 5.91 Å². The first kappa shape index (κ1) is 14.9. The predicted octanol–water partition coefficient (Wildman–Crippen LogP) is 2.83. The summed E-state index contributed by atoms with van der Waals surface area (Å²) in [4.78, 5) is 11.6. The van der Waals surface area contributed by atoms with Crippen LogP contribution in [0.4, 0.5) is 18.9 Å². The van der Waals surface area contributed by atoms with Crippen LogP contribution in [0.5, 0.6) is 0 Å². The van der Waals surface area contributed by atoms with Crippen molar-refractivity contribution in [2.24, 2.45) is 0 Å². The lowest BCUT2D eigenvalue weighted by Crippen LogP contribution is -2.29. The molecule has 0 heterocycles. The highest BCUT2D eigenvalue weighted by atomic mass is 19.2. The molecule has 0 aromatic heterocycles. The average Bonchev–Trinajstić information content (AvgIpc) is 2.49. The highest BCUT2D eigenvalue weighted by Crippen LogP contribution is 2.16. The van der Waals surface area contributed by atoms with Gasteiger partial charge in [0.15, 0.2) is 17.5 Å². The molecular formula is C15H13F3N2O. The molecule has 6 heteroatoms. The van der Waals surface area contributed by atoms with Crippen molar-refractivity contribution >= 4 is 11.6 Å². The van der Waals surface area contributed by atoms with E-state index < -0.39 is 17.5 Å². The molecule has 2 N–H and O–H groups in total. The van der Waals surface area contributed by atoms with Gasteiger partial charge in [-0.25, -0.2) is 13.2 Å². The maximum absolute atomic E-state index is 13.0. The number of benzene rings is 2. The highest BCUT2D eigenvalue weighted by molar-refractivity contribution is 5.80. The van der Waals surface area contributed by atoms with Gasteiger partial charge in [0.25, 0.3) is 0 Å². The summed E-state index contributed by atoms with van der Waals surface area (Å²) in [7, 11) is 0. The zero-order valence-electron chi connectivity index (χ0n) is 11.0. The van der Waals surface area contributed by atoms with Crippen LogP contribution in [0.15, 0.2) is 42.5 Å². The van der Waals surface area contributed by atoms with Crippen LogP contribution in [0.25, 0.3) is 0 Å². The van der Waals surface area contributed by atoms with E-state index >= 15 is 0 Å². The molecule has 0 saturated heterocycles. The number of hydrogen-bond donors (Lipinski definition) is 2. The first-order valence-electron chi connectivity index (χ1n) is 6.25. The van der Waals surface area contributed by atoms with Gasteiger partial charge in [0, 0.05) is 24.4 Å². The lowest BCUT2D eigenvalue weighted by molar-refractivity contribution is -0.119. The lowest BCUT2D eigenvalue weighted by atomic mass is 10.2. The number of nitrogens with one attached hydrogen (secondary N) is 2. The van der Waals surface area contributed by atoms with Gasteiger partial charge in [0.05, 0.1) is 6.54 Å². The number of carbonyl (C=O) groups excluding carboxylic acids is 1. The smallest absolute Gasteiger partial charge is 0.239 e. The van der Waals surface area contributed by atoms with Gasteiger partial charge >= 0.3 is 0 Å². The average molecular weight is 294 g/mol. The SMILES string of the molecule is O=C(CNc1cc(F)c(F)c(F)c1)NCc1ccccc1. The third-order valence-electron chi connectivity index (χ3n) is 2.77. The monoisotopic (exact) mass is 294 g/mol. The van der Waals surface area contributed by atoms with Gasteiger partial charge in [0.1, 0.15) is 0 Å². The van der Waals surface area contributed by atoms with Crippen molar-refractivity contribution in [1.82, 2.24) is 5.32 Å². The molecule has 3 nitrogen and oxygen atoms in total. The quantitative estimate of drug-likeness (QED) is 0.833. The Labute approximate surface area is 119 Å². The van der Waals surface area contributed by atoms with Crippen LogP contribution in [0, 0.1) is 17.5 Å². The molecule has 0 spiro atoms. The van der Waals surface area contributed by atoms with Gasteiger partial charge in [-0.15, -0.1) is 0 Å². The Kier molecular flexibility index (Phi) is 4.81. The van der Waals surface area contributed by atoms with E-state index in [0.717, 1.165) is 17.7 Å². The van der Waals surface area contributed by atoms with Crippen LogP contribution in [0.1, 0.15) is 5.56 Å². The molecule has 0 atom stereocenters. The second-order valence-electron chi connectivity index (χ2n) is 4.37. The van der Waals surface area contributed by atoms with Crippen molar-refractivity contribution in [2.75, 3.05) is 11.9 Å².